The largest absolute Gasteiger partial charge is 0.344 e. The Labute approximate surface area is 140 Å². The van der Waals surface area contributed by atoms with Gasteiger partial charge in [-0.1, -0.05) is 55.3 Å². The minimum atomic E-state index is -0.578. The van der Waals surface area contributed by atoms with Gasteiger partial charge in [-0.2, -0.15) is 0 Å². The van der Waals surface area contributed by atoms with Crippen molar-refractivity contribution in [3.63, 3.8) is 0 Å². The van der Waals surface area contributed by atoms with Crippen molar-refractivity contribution in [3.05, 3.63) is 70.5 Å². The Hall–Kier alpha value is -1.91. The van der Waals surface area contributed by atoms with Crippen molar-refractivity contribution in [2.24, 2.45) is 5.73 Å². The molecule has 2 rings (SSSR count). The maximum absolute atomic E-state index is 13.2. The molecule has 2 aromatic rings. The van der Waals surface area contributed by atoms with Crippen LogP contribution in [0, 0.1) is 5.82 Å². The van der Waals surface area contributed by atoms with E-state index in [1.54, 1.807) is 18.2 Å². The van der Waals surface area contributed by atoms with Gasteiger partial charge in [-0.05, 0) is 35.7 Å². The molecule has 0 saturated carbocycles. The number of carbonyl (C=O) groups is 1. The standard InChI is InChI=1S/C18H20ClFN2O/c1-2-5-16(21)18(23)22-17(12-8-10-13(20)11-9-12)14-6-3-4-7-15(14)19/h3-4,6-11,16-17H,2,5,21H2,1H3,(H,22,23). The van der Waals surface area contributed by atoms with Gasteiger partial charge in [0.25, 0.3) is 0 Å². The Morgan fingerprint density at radius 1 is 1.22 bits per heavy atom. The van der Waals surface area contributed by atoms with E-state index in [1.165, 1.54) is 12.1 Å². The summed E-state index contributed by atoms with van der Waals surface area (Å²) in [6, 6.07) is 12.2. The predicted octanol–water partition coefficient (Wildman–Crippen LogP) is 3.81. The van der Waals surface area contributed by atoms with Gasteiger partial charge in [0.2, 0.25) is 5.91 Å². The molecule has 0 saturated heterocycles. The van der Waals surface area contributed by atoms with Gasteiger partial charge in [-0.25, -0.2) is 4.39 Å². The van der Waals surface area contributed by atoms with Crippen LogP contribution in [-0.4, -0.2) is 11.9 Å². The van der Waals surface area contributed by atoms with Crippen molar-refractivity contribution in [2.45, 2.75) is 31.8 Å². The lowest BCUT2D eigenvalue weighted by Gasteiger charge is -2.23. The van der Waals surface area contributed by atoms with Crippen molar-refractivity contribution in [1.82, 2.24) is 5.32 Å². The fourth-order valence-corrected chi connectivity index (χ4v) is 2.64. The van der Waals surface area contributed by atoms with Gasteiger partial charge in [0.15, 0.2) is 0 Å². The Balaban J connectivity index is 2.34. The average Bonchev–Trinajstić information content (AvgIpc) is 2.54. The van der Waals surface area contributed by atoms with Gasteiger partial charge >= 0.3 is 0 Å². The van der Waals surface area contributed by atoms with Gasteiger partial charge in [-0.3, -0.25) is 4.79 Å². The summed E-state index contributed by atoms with van der Waals surface area (Å²) in [4.78, 5) is 12.3. The molecule has 0 fully saturated rings. The number of benzene rings is 2. The Morgan fingerprint density at radius 2 is 1.87 bits per heavy atom. The number of amides is 1. The number of hydrogen-bond acceptors (Lipinski definition) is 2. The number of nitrogens with two attached hydrogens (primary N) is 1. The van der Waals surface area contributed by atoms with Crippen LogP contribution in [-0.2, 0) is 4.79 Å². The second-order valence-electron chi connectivity index (χ2n) is 5.41. The molecule has 2 unspecified atom stereocenters. The monoisotopic (exact) mass is 334 g/mol. The number of hydrogen-bond donors (Lipinski definition) is 2. The van der Waals surface area contributed by atoms with E-state index in [0.29, 0.717) is 11.4 Å². The number of carbonyl (C=O) groups excluding carboxylic acids is 1. The highest BCUT2D eigenvalue weighted by Gasteiger charge is 2.22. The highest BCUT2D eigenvalue weighted by Crippen LogP contribution is 2.28. The second-order valence-corrected chi connectivity index (χ2v) is 5.82. The highest BCUT2D eigenvalue weighted by molar-refractivity contribution is 6.31. The summed E-state index contributed by atoms with van der Waals surface area (Å²) < 4.78 is 13.2. The third kappa shape index (κ3) is 4.53. The maximum Gasteiger partial charge on any atom is 0.237 e. The van der Waals surface area contributed by atoms with Gasteiger partial charge in [0.1, 0.15) is 5.82 Å². The molecule has 0 radical (unpaired) electrons. The first-order valence-electron chi connectivity index (χ1n) is 7.58. The van der Waals surface area contributed by atoms with E-state index in [9.17, 15) is 9.18 Å². The van der Waals surface area contributed by atoms with Crippen LogP contribution in [0.4, 0.5) is 4.39 Å². The van der Waals surface area contributed by atoms with Crippen molar-refractivity contribution in [2.75, 3.05) is 0 Å². The maximum atomic E-state index is 13.2. The van der Waals surface area contributed by atoms with E-state index in [2.05, 4.69) is 5.32 Å². The summed E-state index contributed by atoms with van der Waals surface area (Å²) in [5, 5.41) is 3.46. The van der Waals surface area contributed by atoms with Gasteiger partial charge in [0.05, 0.1) is 12.1 Å². The van der Waals surface area contributed by atoms with Crippen LogP contribution in [0.3, 0.4) is 0 Å². The van der Waals surface area contributed by atoms with E-state index in [-0.39, 0.29) is 11.7 Å². The van der Waals surface area contributed by atoms with E-state index >= 15 is 0 Å². The summed E-state index contributed by atoms with van der Waals surface area (Å²) in [7, 11) is 0. The summed E-state index contributed by atoms with van der Waals surface area (Å²) in [5.74, 6) is -0.582. The number of halogens is 2. The quantitative estimate of drug-likeness (QED) is 0.844. The predicted molar refractivity (Wildman–Crippen MR) is 90.7 cm³/mol. The molecule has 0 heterocycles. The van der Waals surface area contributed by atoms with Crippen molar-refractivity contribution < 1.29 is 9.18 Å². The smallest absolute Gasteiger partial charge is 0.237 e. The summed E-state index contributed by atoms with van der Waals surface area (Å²) in [6.07, 6.45) is 1.42. The highest BCUT2D eigenvalue weighted by atomic mass is 35.5. The van der Waals surface area contributed by atoms with Crippen LogP contribution < -0.4 is 11.1 Å². The lowest BCUT2D eigenvalue weighted by Crippen LogP contribution is -2.42. The molecule has 3 nitrogen and oxygen atoms in total. The fourth-order valence-electron chi connectivity index (χ4n) is 2.40. The molecule has 122 valence electrons. The molecule has 0 aromatic heterocycles. The molecule has 0 aliphatic heterocycles. The van der Waals surface area contributed by atoms with Crippen molar-refractivity contribution >= 4 is 17.5 Å². The summed E-state index contributed by atoms with van der Waals surface area (Å²) in [5.41, 5.74) is 7.38. The third-order valence-electron chi connectivity index (χ3n) is 3.64. The zero-order chi connectivity index (χ0) is 16.8. The first-order chi connectivity index (χ1) is 11.0. The molecule has 0 spiro atoms. The normalized spacial score (nSPS) is 13.4. The Morgan fingerprint density at radius 3 is 2.48 bits per heavy atom. The van der Waals surface area contributed by atoms with Crippen LogP contribution in [0.25, 0.3) is 0 Å². The van der Waals surface area contributed by atoms with E-state index in [4.69, 9.17) is 17.3 Å². The SMILES string of the molecule is CCCC(N)C(=O)NC(c1ccc(F)cc1)c1ccccc1Cl. The minimum Gasteiger partial charge on any atom is -0.344 e. The molecule has 3 N–H and O–H groups in total. The molecule has 2 atom stereocenters. The lowest BCUT2D eigenvalue weighted by atomic mass is 9.98. The second kappa shape index (κ2) is 8.09. The van der Waals surface area contributed by atoms with E-state index in [1.807, 2.05) is 25.1 Å². The summed E-state index contributed by atoms with van der Waals surface area (Å²) >= 11 is 6.27. The molecule has 0 aliphatic rings. The zero-order valence-corrected chi connectivity index (χ0v) is 13.7. The van der Waals surface area contributed by atoms with Crippen LogP contribution in [0.5, 0.6) is 0 Å². The first kappa shape index (κ1) is 17.4. The van der Waals surface area contributed by atoms with Gasteiger partial charge < -0.3 is 11.1 Å². The molecular formula is C18H20ClFN2O. The Bertz CT molecular complexity index is 660. The van der Waals surface area contributed by atoms with Crippen molar-refractivity contribution in [3.8, 4) is 0 Å². The third-order valence-corrected chi connectivity index (χ3v) is 3.99. The van der Waals surface area contributed by atoms with E-state index < -0.39 is 12.1 Å². The molecule has 23 heavy (non-hydrogen) atoms. The van der Waals surface area contributed by atoms with Crippen molar-refractivity contribution in [1.29, 1.82) is 0 Å². The van der Waals surface area contributed by atoms with Gasteiger partial charge in [0, 0.05) is 5.02 Å². The van der Waals surface area contributed by atoms with Crippen LogP contribution in [0.1, 0.15) is 36.9 Å². The topological polar surface area (TPSA) is 55.1 Å². The molecule has 1 amide bonds. The molecule has 0 bridgehead atoms. The van der Waals surface area contributed by atoms with E-state index in [0.717, 1.165) is 17.5 Å². The van der Waals surface area contributed by atoms with Crippen LogP contribution in [0.15, 0.2) is 48.5 Å². The minimum absolute atomic E-state index is 0.249. The lowest BCUT2D eigenvalue weighted by molar-refractivity contribution is -0.123. The Kier molecular flexibility index (Phi) is 6.13. The average molecular weight is 335 g/mol. The first-order valence-corrected chi connectivity index (χ1v) is 7.96. The number of rotatable bonds is 6. The van der Waals surface area contributed by atoms with Crippen LogP contribution >= 0.6 is 11.6 Å². The molecule has 0 aliphatic carbocycles. The molecular weight excluding hydrogens is 315 g/mol. The zero-order valence-electron chi connectivity index (χ0n) is 12.9. The number of nitrogens with one attached hydrogen (secondary N) is 1. The fraction of sp³-hybridized carbons (Fsp3) is 0.278. The molecule has 2 aromatic carbocycles. The summed E-state index contributed by atoms with van der Waals surface area (Å²) in [6.45, 7) is 1.97. The van der Waals surface area contributed by atoms with Gasteiger partial charge in [-0.15, -0.1) is 0 Å². The molecule has 5 heteroatoms. The van der Waals surface area contributed by atoms with Crippen LogP contribution in [0.2, 0.25) is 5.02 Å².